The molecule has 0 spiro atoms. The minimum absolute atomic E-state index is 0.137. The van der Waals surface area contributed by atoms with Crippen molar-refractivity contribution in [1.82, 2.24) is 4.98 Å². The molecule has 0 saturated carbocycles. The molecule has 0 bridgehead atoms. The van der Waals surface area contributed by atoms with Crippen molar-refractivity contribution < 1.29 is 0 Å². The molecule has 1 fully saturated rings. The first-order valence-electron chi connectivity index (χ1n) is 5.53. The molecule has 15 heavy (non-hydrogen) atoms. The fourth-order valence-corrected chi connectivity index (χ4v) is 4.02. The van der Waals surface area contributed by atoms with E-state index in [1.54, 1.807) is 11.3 Å². The molecule has 2 N–H and O–H groups in total. The van der Waals surface area contributed by atoms with Crippen LogP contribution in [0.15, 0.2) is 6.20 Å². The van der Waals surface area contributed by atoms with Crippen molar-refractivity contribution in [2.75, 3.05) is 11.5 Å². The van der Waals surface area contributed by atoms with Gasteiger partial charge in [0.2, 0.25) is 0 Å². The maximum Gasteiger partial charge on any atom is 0.0931 e. The monoisotopic (exact) mass is 242 g/mol. The second-order valence-electron chi connectivity index (χ2n) is 4.20. The molecule has 1 aliphatic rings. The average Bonchev–Trinajstić information content (AvgIpc) is 2.68. The Morgan fingerprint density at radius 2 is 2.27 bits per heavy atom. The van der Waals surface area contributed by atoms with Crippen molar-refractivity contribution in [3.8, 4) is 0 Å². The number of thiazole rings is 1. The molecule has 1 saturated heterocycles. The maximum atomic E-state index is 5.83. The van der Waals surface area contributed by atoms with E-state index in [0.29, 0.717) is 0 Å². The minimum atomic E-state index is 0.137. The van der Waals surface area contributed by atoms with Crippen LogP contribution in [0, 0.1) is 5.92 Å². The van der Waals surface area contributed by atoms with E-state index < -0.39 is 0 Å². The van der Waals surface area contributed by atoms with Crippen molar-refractivity contribution in [1.29, 1.82) is 0 Å². The van der Waals surface area contributed by atoms with Gasteiger partial charge < -0.3 is 5.73 Å². The van der Waals surface area contributed by atoms with E-state index in [2.05, 4.69) is 16.7 Å². The number of nitrogens with two attached hydrogens (primary N) is 1. The zero-order chi connectivity index (χ0) is 10.7. The van der Waals surface area contributed by atoms with Gasteiger partial charge in [0.15, 0.2) is 0 Å². The Bertz CT molecular complexity index is 303. The van der Waals surface area contributed by atoms with Crippen molar-refractivity contribution in [2.45, 2.75) is 32.2 Å². The molecule has 4 heteroatoms. The Kier molecular flexibility index (Phi) is 4.05. The second kappa shape index (κ2) is 5.32. The highest BCUT2D eigenvalue weighted by Gasteiger charge is 2.16. The lowest BCUT2D eigenvalue weighted by Gasteiger charge is -2.19. The van der Waals surface area contributed by atoms with Crippen molar-refractivity contribution >= 4 is 23.1 Å². The third-order valence-electron chi connectivity index (χ3n) is 2.82. The molecule has 84 valence electrons. The summed E-state index contributed by atoms with van der Waals surface area (Å²) in [5.74, 6) is 3.52. The van der Waals surface area contributed by atoms with Crippen LogP contribution < -0.4 is 5.73 Å². The Hall–Kier alpha value is -0.0600. The molecule has 0 aliphatic carbocycles. The number of hydrogen-bond donors (Lipinski definition) is 1. The largest absolute Gasteiger partial charge is 0.323 e. The first-order chi connectivity index (χ1) is 7.25. The van der Waals surface area contributed by atoms with Gasteiger partial charge in [-0.1, -0.05) is 0 Å². The molecule has 2 nitrogen and oxygen atoms in total. The van der Waals surface area contributed by atoms with Gasteiger partial charge in [0.1, 0.15) is 0 Å². The quantitative estimate of drug-likeness (QED) is 0.886. The topological polar surface area (TPSA) is 38.9 Å². The highest BCUT2D eigenvalue weighted by atomic mass is 32.2. The Balaban J connectivity index is 1.91. The summed E-state index contributed by atoms with van der Waals surface area (Å²) in [5, 5.41) is 1.28. The Labute approximate surface area is 99.7 Å². The van der Waals surface area contributed by atoms with E-state index in [0.717, 1.165) is 12.3 Å². The molecular weight excluding hydrogens is 224 g/mol. The lowest BCUT2D eigenvalue weighted by atomic mass is 9.99. The maximum absolute atomic E-state index is 5.83. The van der Waals surface area contributed by atoms with E-state index in [-0.39, 0.29) is 6.04 Å². The number of thioether (sulfide) groups is 1. The summed E-state index contributed by atoms with van der Waals surface area (Å²) in [6, 6.07) is 0.137. The van der Waals surface area contributed by atoms with Crippen LogP contribution in [-0.2, 0) is 6.42 Å². The molecule has 1 aromatic heterocycles. The van der Waals surface area contributed by atoms with Gasteiger partial charge in [-0.05, 0) is 37.2 Å². The molecule has 1 unspecified atom stereocenters. The second-order valence-corrected chi connectivity index (χ2v) is 6.58. The van der Waals surface area contributed by atoms with Gasteiger partial charge >= 0.3 is 0 Å². The van der Waals surface area contributed by atoms with Crippen LogP contribution in [-0.4, -0.2) is 16.5 Å². The Morgan fingerprint density at radius 1 is 1.53 bits per heavy atom. The smallest absolute Gasteiger partial charge is 0.0931 e. The van der Waals surface area contributed by atoms with Gasteiger partial charge in [-0.2, -0.15) is 11.8 Å². The summed E-state index contributed by atoms with van der Waals surface area (Å²) in [5.41, 5.74) is 5.83. The van der Waals surface area contributed by atoms with Gasteiger partial charge in [-0.3, -0.25) is 0 Å². The fourth-order valence-electron chi connectivity index (χ4n) is 1.83. The van der Waals surface area contributed by atoms with Gasteiger partial charge in [-0.25, -0.2) is 4.98 Å². The van der Waals surface area contributed by atoms with Crippen LogP contribution >= 0.6 is 23.1 Å². The Morgan fingerprint density at radius 3 is 2.87 bits per heavy atom. The zero-order valence-corrected chi connectivity index (χ0v) is 10.7. The summed E-state index contributed by atoms with van der Waals surface area (Å²) in [4.78, 5) is 5.68. The van der Waals surface area contributed by atoms with E-state index in [4.69, 9.17) is 5.73 Å². The molecule has 0 radical (unpaired) electrons. The third kappa shape index (κ3) is 3.20. The normalized spacial score (nSPS) is 20.4. The molecule has 2 heterocycles. The van der Waals surface area contributed by atoms with Crippen LogP contribution in [0.2, 0.25) is 0 Å². The summed E-state index contributed by atoms with van der Waals surface area (Å²) < 4.78 is 0. The number of nitrogens with zero attached hydrogens (tertiary/aromatic N) is 1. The molecule has 2 rings (SSSR count). The lowest BCUT2D eigenvalue weighted by molar-refractivity contribution is 0.487. The van der Waals surface area contributed by atoms with Crippen LogP contribution in [0.4, 0.5) is 0 Å². The van der Waals surface area contributed by atoms with Crippen molar-refractivity contribution in [3.63, 3.8) is 0 Å². The van der Waals surface area contributed by atoms with Gasteiger partial charge in [0.05, 0.1) is 5.01 Å². The highest BCUT2D eigenvalue weighted by Crippen LogP contribution is 2.28. The fraction of sp³-hybridized carbons (Fsp3) is 0.727. The van der Waals surface area contributed by atoms with Crippen LogP contribution in [0.5, 0.6) is 0 Å². The van der Waals surface area contributed by atoms with E-state index in [1.807, 2.05) is 13.1 Å². The predicted molar refractivity (Wildman–Crippen MR) is 68.5 cm³/mol. The van der Waals surface area contributed by atoms with Crippen LogP contribution in [0.1, 0.15) is 35.7 Å². The number of aromatic nitrogens is 1. The molecule has 1 aliphatic heterocycles. The van der Waals surface area contributed by atoms with E-state index in [1.165, 1.54) is 34.2 Å². The summed E-state index contributed by atoms with van der Waals surface area (Å²) >= 11 is 3.87. The lowest BCUT2D eigenvalue weighted by Crippen LogP contribution is -2.11. The summed E-state index contributed by atoms with van der Waals surface area (Å²) in [6.07, 6.45) is 5.83. The minimum Gasteiger partial charge on any atom is -0.323 e. The zero-order valence-electron chi connectivity index (χ0n) is 9.11. The molecule has 0 aromatic carbocycles. The van der Waals surface area contributed by atoms with Gasteiger partial charge in [-0.15, -0.1) is 11.3 Å². The molecule has 0 amide bonds. The van der Waals surface area contributed by atoms with Gasteiger partial charge in [0, 0.05) is 23.5 Å². The molecule has 1 atom stereocenters. The van der Waals surface area contributed by atoms with E-state index >= 15 is 0 Å². The number of rotatable bonds is 3. The van der Waals surface area contributed by atoms with Crippen molar-refractivity contribution in [2.24, 2.45) is 11.7 Å². The predicted octanol–water partition coefficient (Wildman–Crippen LogP) is 2.85. The third-order valence-corrected chi connectivity index (χ3v) is 5.09. The molecular formula is C11H18N2S2. The highest BCUT2D eigenvalue weighted by molar-refractivity contribution is 7.99. The number of hydrogen-bond acceptors (Lipinski definition) is 4. The average molecular weight is 242 g/mol. The van der Waals surface area contributed by atoms with Crippen molar-refractivity contribution in [3.05, 3.63) is 16.1 Å². The van der Waals surface area contributed by atoms with E-state index in [9.17, 15) is 0 Å². The van der Waals surface area contributed by atoms with Crippen LogP contribution in [0.25, 0.3) is 0 Å². The summed E-state index contributed by atoms with van der Waals surface area (Å²) in [6.45, 7) is 2.02. The first kappa shape index (κ1) is 11.4. The molecule has 1 aromatic rings. The van der Waals surface area contributed by atoms with Gasteiger partial charge in [0.25, 0.3) is 0 Å². The standard InChI is InChI=1S/C11H18N2S2/c1-8(12)10-7-13-11(15-10)6-9-2-4-14-5-3-9/h7-9H,2-6,12H2,1H3. The summed E-state index contributed by atoms with van der Waals surface area (Å²) in [7, 11) is 0. The SMILES string of the molecule is CC(N)c1cnc(CC2CCSCC2)s1. The van der Waals surface area contributed by atoms with Crippen LogP contribution in [0.3, 0.4) is 0 Å². The first-order valence-corrected chi connectivity index (χ1v) is 7.50.